The number of rotatable bonds is 39. The van der Waals surface area contributed by atoms with Gasteiger partial charge in [0.2, 0.25) is 0 Å². The summed E-state index contributed by atoms with van der Waals surface area (Å²) in [5.41, 5.74) is -4.38. The second-order valence-corrected chi connectivity index (χ2v) is 18.7. The van der Waals surface area contributed by atoms with Crippen molar-refractivity contribution in [2.75, 3.05) is 114 Å². The first-order chi connectivity index (χ1) is 39.4. The summed E-state index contributed by atoms with van der Waals surface area (Å²) >= 11 is 0. The van der Waals surface area contributed by atoms with E-state index >= 15 is 0 Å². The van der Waals surface area contributed by atoms with Gasteiger partial charge in [-0.1, -0.05) is 6.92 Å². The molecule has 29 heteroatoms. The first kappa shape index (κ1) is 66.7. The highest BCUT2D eigenvalue weighted by Gasteiger charge is 2.27. The topological polar surface area (TPSA) is 370 Å². The van der Waals surface area contributed by atoms with Crippen LogP contribution in [0.1, 0.15) is 103 Å². The third-order valence-corrected chi connectivity index (χ3v) is 13.0. The van der Waals surface area contributed by atoms with Crippen LogP contribution in [0.5, 0.6) is 0 Å². The highest BCUT2D eigenvalue weighted by atomic mass is 16.5. The summed E-state index contributed by atoms with van der Waals surface area (Å²) in [6.45, 7) is 4.39. The lowest BCUT2D eigenvalue weighted by molar-refractivity contribution is -0.124. The number of hydrogen-bond donors (Lipinski definition) is 10. The van der Waals surface area contributed by atoms with E-state index in [4.69, 9.17) is 18.9 Å². The van der Waals surface area contributed by atoms with Crippen molar-refractivity contribution in [3.05, 3.63) is 135 Å². The average Bonchev–Trinajstić information content (AvgIpc) is 3.46. The molecule has 1 atom stereocenters. The third-order valence-electron chi connectivity index (χ3n) is 13.0. The summed E-state index contributed by atoms with van der Waals surface area (Å²) in [6.07, 6.45) is 1.47. The Balaban J connectivity index is 1.57. The summed E-state index contributed by atoms with van der Waals surface area (Å²) in [7, 11) is 5.82. The fourth-order valence-corrected chi connectivity index (χ4v) is 8.52. The van der Waals surface area contributed by atoms with E-state index in [1.807, 2.05) is 4.90 Å². The average molecular weight is 1160 g/mol. The largest absolute Gasteiger partial charge is 0.425 e. The van der Waals surface area contributed by atoms with Crippen molar-refractivity contribution in [1.82, 2.24) is 60.6 Å². The number of ether oxygens (including phenoxy) is 4. The Labute approximate surface area is 472 Å². The number of pyridine rings is 4. The minimum atomic E-state index is -0.991. The predicted molar refractivity (Wildman–Crippen MR) is 295 cm³/mol. The Morgan fingerprint density at radius 3 is 1.16 bits per heavy atom. The molecule has 1 unspecified atom stereocenters. The number of aromatic nitrogens is 4. The van der Waals surface area contributed by atoms with E-state index in [-0.39, 0.29) is 162 Å². The molecule has 0 saturated heterocycles. The molecule has 82 heavy (non-hydrogen) atoms. The SMILES string of the molecule is CCC(=O)C(CCCN(CCCNCc1ccc(C(=O)NCCOC)c(=O)n1O)Cc1ccc(C(=O)NCCOC)c(=O)n1O)N(CCCNCc1ccc(C(=O)NCCOC)c(=O)n1O)Cc1ccc(C(=O)NCCOC)c(=O)n1O. The number of carbonyl (C=O) groups is 5. The van der Waals surface area contributed by atoms with Gasteiger partial charge in [0.1, 0.15) is 28.0 Å². The fraction of sp³-hybridized carbons (Fsp3) is 0.528. The molecule has 29 nitrogen and oxygen atoms in total. The van der Waals surface area contributed by atoms with Crippen molar-refractivity contribution in [3.8, 4) is 0 Å². The second-order valence-electron chi connectivity index (χ2n) is 18.7. The Morgan fingerprint density at radius 2 is 0.793 bits per heavy atom. The van der Waals surface area contributed by atoms with E-state index in [2.05, 4.69) is 31.9 Å². The van der Waals surface area contributed by atoms with E-state index < -0.39 is 51.9 Å². The Kier molecular flexibility index (Phi) is 28.6. The maximum atomic E-state index is 14.0. The summed E-state index contributed by atoms with van der Waals surface area (Å²) < 4.78 is 21.3. The van der Waals surface area contributed by atoms with Gasteiger partial charge in [-0.2, -0.15) is 18.9 Å². The van der Waals surface area contributed by atoms with Crippen molar-refractivity contribution in [2.45, 2.75) is 71.2 Å². The highest BCUT2D eigenvalue weighted by Crippen LogP contribution is 2.17. The van der Waals surface area contributed by atoms with Crippen LogP contribution >= 0.6 is 0 Å². The number of hydrogen-bond acceptors (Lipinski definition) is 21. The molecule has 4 aromatic heterocycles. The molecule has 0 spiro atoms. The zero-order valence-corrected chi connectivity index (χ0v) is 47.0. The molecule has 0 aromatic carbocycles. The van der Waals surface area contributed by atoms with Crippen molar-refractivity contribution in [2.24, 2.45) is 0 Å². The van der Waals surface area contributed by atoms with Crippen molar-refractivity contribution < 1.29 is 63.7 Å². The minimum Gasteiger partial charge on any atom is -0.425 e. The lowest BCUT2D eigenvalue weighted by Crippen LogP contribution is -2.44. The van der Waals surface area contributed by atoms with Crippen molar-refractivity contribution in [1.29, 1.82) is 0 Å². The van der Waals surface area contributed by atoms with E-state index in [9.17, 15) is 64.0 Å². The third kappa shape index (κ3) is 19.7. The smallest absolute Gasteiger partial charge is 0.295 e. The number of Topliss-reactive ketones (excluding diaryl/α,β-unsaturated/α-hetero) is 1. The van der Waals surface area contributed by atoms with Gasteiger partial charge in [-0.15, -0.1) is 0 Å². The first-order valence-electron chi connectivity index (χ1n) is 26.7. The standard InChI is InChI=1S/C53H78N12O17/c1-6-45(66)44(61(35-39-14-18-43(53(74)65(39)78)49(70)59-24-31-82-5)27-9-20-55-33-37-12-16-41(51(72)63(37)76)47(68)57-22-29-80-3)10-7-25-60(34-38-13-17-42(52(73)64(38)77)48(69)58-23-30-81-4)26-8-19-54-32-36-11-15-40(50(71)62(36)75)46(67)56-21-28-79-2/h11-18,44,54-55,75-78H,6-10,19-35H2,1-5H3,(H,56,67)(H,57,68)(H,58,69)(H,59,70). The van der Waals surface area contributed by atoms with E-state index in [1.54, 1.807) is 11.8 Å². The van der Waals surface area contributed by atoms with Crippen molar-refractivity contribution >= 4 is 29.4 Å². The summed E-state index contributed by atoms with van der Waals surface area (Å²) in [5.74, 6) is -2.97. The molecular weight excluding hydrogens is 1080 g/mol. The number of methoxy groups -OCH3 is 4. The van der Waals surface area contributed by atoms with Crippen LogP contribution in [0.25, 0.3) is 0 Å². The molecule has 0 aliphatic rings. The Bertz CT molecular complexity index is 3000. The Morgan fingerprint density at radius 1 is 0.463 bits per heavy atom. The summed E-state index contributed by atoms with van der Waals surface area (Å²) in [4.78, 5) is 121. The maximum Gasteiger partial charge on any atom is 0.295 e. The van der Waals surface area contributed by atoms with Crippen LogP contribution < -0.4 is 54.1 Å². The molecular formula is C53H78N12O17. The normalized spacial score (nSPS) is 11.7. The zero-order chi connectivity index (χ0) is 60.1. The van der Waals surface area contributed by atoms with E-state index in [1.165, 1.54) is 77.0 Å². The van der Waals surface area contributed by atoms with Crippen LogP contribution in [0.4, 0.5) is 0 Å². The van der Waals surface area contributed by atoms with Gasteiger partial charge < -0.3 is 71.7 Å². The number of carbonyl (C=O) groups excluding carboxylic acids is 5. The molecule has 0 aliphatic heterocycles. The van der Waals surface area contributed by atoms with E-state index in [0.717, 1.165) is 0 Å². The maximum absolute atomic E-state index is 14.0. The molecule has 4 amide bonds. The Hall–Kier alpha value is -7.77. The molecule has 10 N–H and O–H groups in total. The monoisotopic (exact) mass is 1150 g/mol. The van der Waals surface area contributed by atoms with Crippen LogP contribution in [-0.2, 0) is 49.9 Å². The fourth-order valence-electron chi connectivity index (χ4n) is 8.52. The molecule has 452 valence electrons. The van der Waals surface area contributed by atoms with Gasteiger partial charge in [-0.3, -0.25) is 53.0 Å². The molecule has 0 bridgehead atoms. The van der Waals surface area contributed by atoms with E-state index in [0.29, 0.717) is 51.3 Å². The quantitative estimate of drug-likeness (QED) is 0.0181. The molecule has 0 saturated carbocycles. The number of amides is 4. The van der Waals surface area contributed by atoms with Gasteiger partial charge in [-0.25, -0.2) is 0 Å². The highest BCUT2D eigenvalue weighted by molar-refractivity contribution is 5.95. The summed E-state index contributed by atoms with van der Waals surface area (Å²) in [6, 6.07) is 10.1. The van der Waals surface area contributed by atoms with Gasteiger partial charge in [0.05, 0.1) is 55.2 Å². The van der Waals surface area contributed by atoms with Gasteiger partial charge in [0, 0.05) is 93.8 Å². The predicted octanol–water partition coefficient (Wildman–Crippen LogP) is -1.42. The summed E-state index contributed by atoms with van der Waals surface area (Å²) in [5, 5.41) is 60.0. The molecule has 0 aliphatic carbocycles. The number of ketones is 1. The van der Waals surface area contributed by atoms with Crippen LogP contribution in [0.3, 0.4) is 0 Å². The molecule has 0 radical (unpaired) electrons. The van der Waals surface area contributed by atoms with Gasteiger partial charge in [-0.05, 0) is 100 Å². The van der Waals surface area contributed by atoms with Gasteiger partial charge in [0.25, 0.3) is 45.9 Å². The molecule has 4 rings (SSSR count). The van der Waals surface area contributed by atoms with Gasteiger partial charge in [0.15, 0.2) is 0 Å². The minimum absolute atomic E-state index is 0.00176. The second kappa shape index (κ2) is 35.2. The van der Waals surface area contributed by atoms with Crippen molar-refractivity contribution in [3.63, 3.8) is 0 Å². The molecule has 4 aromatic rings. The van der Waals surface area contributed by atoms with Crippen LogP contribution in [-0.4, -0.2) is 199 Å². The molecule has 4 heterocycles. The molecule has 0 fully saturated rings. The van der Waals surface area contributed by atoms with Crippen LogP contribution in [0.15, 0.2) is 67.7 Å². The van der Waals surface area contributed by atoms with Crippen LogP contribution in [0.2, 0.25) is 0 Å². The lowest BCUT2D eigenvalue weighted by Gasteiger charge is -2.32. The van der Waals surface area contributed by atoms with Gasteiger partial charge >= 0.3 is 0 Å². The van der Waals surface area contributed by atoms with Crippen LogP contribution in [0, 0.1) is 0 Å². The number of nitrogens with one attached hydrogen (secondary N) is 6. The first-order valence-corrected chi connectivity index (χ1v) is 26.7. The lowest BCUT2D eigenvalue weighted by atomic mass is 10.0. The zero-order valence-electron chi connectivity index (χ0n) is 47.0. The number of nitrogens with zero attached hydrogens (tertiary/aromatic N) is 6.